The summed E-state index contributed by atoms with van der Waals surface area (Å²) in [6.07, 6.45) is 2.43. The minimum absolute atomic E-state index is 0.0212. The average molecular weight is 363 g/mol. The number of carbonyl (C=O) groups is 1. The van der Waals surface area contributed by atoms with Crippen molar-refractivity contribution in [3.05, 3.63) is 65.5 Å². The number of aliphatic hydroxyl groups excluding tert-OH is 1. The third kappa shape index (κ3) is 4.19. The Morgan fingerprint density at radius 3 is 2.74 bits per heavy atom. The van der Waals surface area contributed by atoms with Gasteiger partial charge in [0.25, 0.3) is 0 Å². The van der Waals surface area contributed by atoms with E-state index in [1.807, 2.05) is 43.3 Å². The minimum atomic E-state index is -0.226. The summed E-state index contributed by atoms with van der Waals surface area (Å²) in [5.74, 6) is 1.23. The van der Waals surface area contributed by atoms with Crippen LogP contribution in [0, 0.1) is 12.8 Å². The summed E-state index contributed by atoms with van der Waals surface area (Å²) in [6, 6.07) is 16.2. The number of aromatic amines is 1. The van der Waals surface area contributed by atoms with Crippen molar-refractivity contribution in [1.29, 1.82) is 0 Å². The van der Waals surface area contributed by atoms with Crippen LogP contribution in [0.4, 0.5) is 0 Å². The fraction of sp³-hybridized carbons (Fsp3) is 0.364. The van der Waals surface area contributed by atoms with Crippen LogP contribution >= 0.6 is 0 Å². The number of nitrogens with one attached hydrogen (secondary N) is 2. The van der Waals surface area contributed by atoms with E-state index in [0.717, 1.165) is 41.7 Å². The van der Waals surface area contributed by atoms with Crippen molar-refractivity contribution in [2.75, 3.05) is 0 Å². The van der Waals surface area contributed by atoms with Gasteiger partial charge in [-0.05, 0) is 55.4 Å². The number of carbonyl (C=O) groups excluding carboxylic acids is 1. The first-order chi connectivity index (χ1) is 13.1. The SMILES string of the molecule is Cc1nc2ccc(CC(=O)NC(Cc3ccccc3)C3CC(O)C3)cc2[nH]1. The van der Waals surface area contributed by atoms with Gasteiger partial charge in [-0.2, -0.15) is 0 Å². The highest BCUT2D eigenvalue weighted by atomic mass is 16.3. The molecule has 3 N–H and O–H groups in total. The van der Waals surface area contributed by atoms with Crippen LogP contribution in [0.1, 0.15) is 29.8 Å². The number of aromatic nitrogens is 2. The summed E-state index contributed by atoms with van der Waals surface area (Å²) in [5, 5.41) is 12.9. The number of aliphatic hydroxyl groups is 1. The zero-order valence-corrected chi connectivity index (χ0v) is 15.5. The number of aryl methyl sites for hydroxylation is 1. The quantitative estimate of drug-likeness (QED) is 0.630. The first-order valence-electron chi connectivity index (χ1n) is 9.53. The largest absolute Gasteiger partial charge is 0.393 e. The highest BCUT2D eigenvalue weighted by Gasteiger charge is 2.34. The third-order valence-corrected chi connectivity index (χ3v) is 5.39. The van der Waals surface area contributed by atoms with Crippen molar-refractivity contribution < 1.29 is 9.90 Å². The molecule has 5 heteroatoms. The van der Waals surface area contributed by atoms with Crippen molar-refractivity contribution in [2.24, 2.45) is 5.92 Å². The monoisotopic (exact) mass is 363 g/mol. The number of amides is 1. The van der Waals surface area contributed by atoms with Crippen LogP contribution in [0.15, 0.2) is 48.5 Å². The van der Waals surface area contributed by atoms with E-state index in [1.165, 1.54) is 5.56 Å². The van der Waals surface area contributed by atoms with Crippen LogP contribution in [-0.4, -0.2) is 33.1 Å². The molecule has 2 aromatic carbocycles. The smallest absolute Gasteiger partial charge is 0.224 e. The van der Waals surface area contributed by atoms with Gasteiger partial charge in [0.2, 0.25) is 5.91 Å². The molecule has 1 heterocycles. The van der Waals surface area contributed by atoms with Gasteiger partial charge in [0, 0.05) is 6.04 Å². The Balaban J connectivity index is 1.43. The number of imidazole rings is 1. The predicted molar refractivity (Wildman–Crippen MR) is 105 cm³/mol. The molecule has 4 rings (SSSR count). The number of benzene rings is 2. The molecule has 140 valence electrons. The van der Waals surface area contributed by atoms with Gasteiger partial charge in [-0.3, -0.25) is 4.79 Å². The van der Waals surface area contributed by atoms with Gasteiger partial charge in [0.15, 0.2) is 0 Å². The highest BCUT2D eigenvalue weighted by molar-refractivity contribution is 5.82. The first-order valence-corrected chi connectivity index (χ1v) is 9.53. The predicted octanol–water partition coefficient (Wildman–Crippen LogP) is 2.91. The van der Waals surface area contributed by atoms with Gasteiger partial charge in [-0.25, -0.2) is 4.98 Å². The molecule has 0 spiro atoms. The van der Waals surface area contributed by atoms with Gasteiger partial charge in [0.05, 0.1) is 23.6 Å². The molecular formula is C22H25N3O2. The van der Waals surface area contributed by atoms with Crippen LogP contribution < -0.4 is 5.32 Å². The Bertz CT molecular complexity index is 929. The summed E-state index contributed by atoms with van der Waals surface area (Å²) in [5.41, 5.74) is 4.05. The van der Waals surface area contributed by atoms with Crippen molar-refractivity contribution in [2.45, 2.75) is 44.8 Å². The van der Waals surface area contributed by atoms with E-state index in [2.05, 4.69) is 27.4 Å². The number of H-pyrrole nitrogens is 1. The molecule has 1 aliphatic carbocycles. The lowest BCUT2D eigenvalue weighted by atomic mass is 9.75. The van der Waals surface area contributed by atoms with Crippen molar-refractivity contribution >= 4 is 16.9 Å². The number of nitrogens with zero attached hydrogens (tertiary/aromatic N) is 1. The summed E-state index contributed by atoms with van der Waals surface area (Å²) in [4.78, 5) is 20.3. The molecule has 1 atom stereocenters. The molecule has 0 radical (unpaired) electrons. The van der Waals surface area contributed by atoms with Gasteiger partial charge in [-0.15, -0.1) is 0 Å². The maximum Gasteiger partial charge on any atom is 0.224 e. The van der Waals surface area contributed by atoms with E-state index < -0.39 is 0 Å². The topological polar surface area (TPSA) is 78.0 Å². The van der Waals surface area contributed by atoms with Crippen molar-refractivity contribution in [1.82, 2.24) is 15.3 Å². The lowest BCUT2D eigenvalue weighted by Gasteiger charge is -2.38. The lowest BCUT2D eigenvalue weighted by molar-refractivity contribution is -0.122. The fourth-order valence-corrected chi connectivity index (χ4v) is 3.90. The van der Waals surface area contributed by atoms with Gasteiger partial charge in [-0.1, -0.05) is 36.4 Å². The normalized spacial score (nSPS) is 20.2. The second kappa shape index (κ2) is 7.53. The maximum absolute atomic E-state index is 12.7. The number of rotatable bonds is 6. The molecule has 1 fully saturated rings. The fourth-order valence-electron chi connectivity index (χ4n) is 3.90. The number of hydrogen-bond acceptors (Lipinski definition) is 3. The van der Waals surface area contributed by atoms with Crippen LogP contribution in [0.25, 0.3) is 11.0 Å². The van der Waals surface area contributed by atoms with Crippen molar-refractivity contribution in [3.63, 3.8) is 0 Å². The van der Waals surface area contributed by atoms with E-state index in [-0.39, 0.29) is 18.1 Å². The second-order valence-corrected chi connectivity index (χ2v) is 7.60. The Labute approximate surface area is 158 Å². The highest BCUT2D eigenvalue weighted by Crippen LogP contribution is 2.31. The molecule has 1 aliphatic rings. The molecule has 1 amide bonds. The number of hydrogen-bond donors (Lipinski definition) is 3. The van der Waals surface area contributed by atoms with Gasteiger partial charge in [0.1, 0.15) is 5.82 Å². The van der Waals surface area contributed by atoms with Crippen molar-refractivity contribution in [3.8, 4) is 0 Å². The Morgan fingerprint density at radius 1 is 1.22 bits per heavy atom. The molecule has 1 saturated carbocycles. The molecule has 0 saturated heterocycles. The Hall–Kier alpha value is -2.66. The Morgan fingerprint density at radius 2 is 2.00 bits per heavy atom. The second-order valence-electron chi connectivity index (χ2n) is 7.60. The average Bonchev–Trinajstić information content (AvgIpc) is 2.98. The maximum atomic E-state index is 12.7. The molecule has 0 bridgehead atoms. The van der Waals surface area contributed by atoms with E-state index in [4.69, 9.17) is 0 Å². The van der Waals surface area contributed by atoms with Gasteiger partial charge >= 0.3 is 0 Å². The van der Waals surface area contributed by atoms with Crippen LogP contribution in [0.2, 0.25) is 0 Å². The minimum Gasteiger partial charge on any atom is -0.393 e. The van der Waals surface area contributed by atoms with E-state index >= 15 is 0 Å². The summed E-state index contributed by atoms with van der Waals surface area (Å²) < 4.78 is 0. The molecule has 27 heavy (non-hydrogen) atoms. The van der Waals surface area contributed by atoms with E-state index in [0.29, 0.717) is 12.3 Å². The standard InChI is InChI=1S/C22H25N3O2/c1-14-23-19-8-7-16(10-21(19)24-14)11-22(27)25-20(17-12-18(26)13-17)9-15-5-3-2-4-6-15/h2-8,10,17-18,20,26H,9,11-13H2,1H3,(H,23,24)(H,25,27). The molecule has 1 aromatic heterocycles. The lowest BCUT2D eigenvalue weighted by Crippen LogP contribution is -2.48. The molecule has 3 aromatic rings. The molecule has 1 unspecified atom stereocenters. The Kier molecular flexibility index (Phi) is 4.94. The van der Waals surface area contributed by atoms with Crippen LogP contribution in [0.5, 0.6) is 0 Å². The summed E-state index contributed by atoms with van der Waals surface area (Å²) in [7, 11) is 0. The molecular weight excluding hydrogens is 338 g/mol. The van der Waals surface area contributed by atoms with E-state index in [9.17, 15) is 9.90 Å². The summed E-state index contributed by atoms with van der Waals surface area (Å²) in [6.45, 7) is 1.92. The molecule has 0 aliphatic heterocycles. The first kappa shape index (κ1) is 17.7. The van der Waals surface area contributed by atoms with Crippen LogP contribution in [0.3, 0.4) is 0 Å². The summed E-state index contributed by atoms with van der Waals surface area (Å²) >= 11 is 0. The zero-order chi connectivity index (χ0) is 18.8. The van der Waals surface area contributed by atoms with Gasteiger partial charge < -0.3 is 15.4 Å². The van der Waals surface area contributed by atoms with E-state index in [1.54, 1.807) is 0 Å². The zero-order valence-electron chi connectivity index (χ0n) is 15.5. The number of fused-ring (bicyclic) bond motifs is 1. The third-order valence-electron chi connectivity index (χ3n) is 5.39. The molecule has 5 nitrogen and oxygen atoms in total. The van der Waals surface area contributed by atoms with Crippen LogP contribution in [-0.2, 0) is 17.6 Å².